The Morgan fingerprint density at radius 1 is 1.12 bits per heavy atom. The normalized spacial score (nSPS) is 15.2. The van der Waals surface area contributed by atoms with Crippen molar-refractivity contribution in [2.45, 2.75) is 32.7 Å². The second-order valence-electron chi connectivity index (χ2n) is 6.25. The molecule has 0 radical (unpaired) electrons. The smallest absolute Gasteiger partial charge is 0.321 e. The monoisotopic (exact) mass is 325 g/mol. The van der Waals surface area contributed by atoms with Crippen LogP contribution >= 0.6 is 0 Å². The zero-order valence-electron chi connectivity index (χ0n) is 14.1. The Bertz CT molecular complexity index is 693. The van der Waals surface area contributed by atoms with Gasteiger partial charge in [0.15, 0.2) is 0 Å². The van der Waals surface area contributed by atoms with Crippen LogP contribution in [0.15, 0.2) is 36.7 Å². The lowest BCUT2D eigenvalue weighted by atomic mass is 10.1. The summed E-state index contributed by atoms with van der Waals surface area (Å²) in [6.45, 7) is 5.45. The quantitative estimate of drug-likeness (QED) is 0.909. The highest BCUT2D eigenvalue weighted by molar-refractivity contribution is 5.89. The Labute approximate surface area is 142 Å². The van der Waals surface area contributed by atoms with Gasteiger partial charge in [-0.15, -0.1) is 0 Å². The summed E-state index contributed by atoms with van der Waals surface area (Å²) >= 11 is 0. The van der Waals surface area contributed by atoms with Crippen LogP contribution in [0.1, 0.15) is 24.1 Å². The third-order valence-corrected chi connectivity index (χ3v) is 4.24. The van der Waals surface area contributed by atoms with Crippen molar-refractivity contribution in [2.24, 2.45) is 0 Å². The minimum absolute atomic E-state index is 0.0322. The second-order valence-corrected chi connectivity index (χ2v) is 6.25. The average molecular weight is 325 g/mol. The maximum absolute atomic E-state index is 12.3. The van der Waals surface area contributed by atoms with Crippen LogP contribution < -0.4 is 10.6 Å². The number of likely N-dealkylation sites (tertiary alicyclic amines) is 1. The van der Waals surface area contributed by atoms with E-state index in [4.69, 9.17) is 0 Å². The lowest BCUT2D eigenvalue weighted by Gasteiger charge is -2.32. The molecule has 1 aromatic heterocycles. The number of hydrogen-bond donors (Lipinski definition) is 2. The Balaban J connectivity index is 1.49. The number of nitrogens with zero attached hydrogens (tertiary/aromatic N) is 3. The molecule has 1 aliphatic heterocycles. The first-order valence-corrected chi connectivity index (χ1v) is 8.28. The van der Waals surface area contributed by atoms with Crippen molar-refractivity contribution < 1.29 is 4.79 Å². The van der Waals surface area contributed by atoms with E-state index in [1.54, 1.807) is 6.33 Å². The largest absolute Gasteiger partial charge is 0.367 e. The number of benzene rings is 1. The van der Waals surface area contributed by atoms with Crippen molar-refractivity contribution in [3.05, 3.63) is 47.9 Å². The van der Waals surface area contributed by atoms with Gasteiger partial charge in [0.2, 0.25) is 0 Å². The van der Waals surface area contributed by atoms with Gasteiger partial charge in [-0.25, -0.2) is 14.8 Å². The predicted molar refractivity (Wildman–Crippen MR) is 95.2 cm³/mol. The van der Waals surface area contributed by atoms with Crippen molar-refractivity contribution in [1.82, 2.24) is 14.9 Å². The van der Waals surface area contributed by atoms with Crippen LogP contribution in [0, 0.1) is 13.8 Å². The SMILES string of the molecule is Cc1ccc(NC(=O)N2CCC(Nc3cc(C)ncn3)CC2)cc1. The standard InChI is InChI=1S/C18H23N5O/c1-13-3-5-15(6-4-13)22-18(24)23-9-7-16(8-10-23)21-17-11-14(2)19-12-20-17/h3-6,11-12,16H,7-10H2,1-2H3,(H,22,24)(H,19,20,21). The summed E-state index contributed by atoms with van der Waals surface area (Å²) in [5.41, 5.74) is 2.96. The Hall–Kier alpha value is -2.63. The first-order chi connectivity index (χ1) is 11.6. The summed E-state index contributed by atoms with van der Waals surface area (Å²) in [6.07, 6.45) is 3.39. The van der Waals surface area contributed by atoms with Gasteiger partial charge in [0.25, 0.3) is 0 Å². The topological polar surface area (TPSA) is 70.2 Å². The number of anilines is 2. The van der Waals surface area contributed by atoms with E-state index >= 15 is 0 Å². The summed E-state index contributed by atoms with van der Waals surface area (Å²) in [5.74, 6) is 0.852. The van der Waals surface area contributed by atoms with Crippen molar-refractivity contribution in [2.75, 3.05) is 23.7 Å². The fraction of sp³-hybridized carbons (Fsp3) is 0.389. The molecule has 0 atom stereocenters. The average Bonchev–Trinajstić information content (AvgIpc) is 2.57. The molecule has 0 saturated carbocycles. The molecule has 126 valence electrons. The second kappa shape index (κ2) is 7.29. The number of carbonyl (C=O) groups excluding carboxylic acids is 1. The van der Waals surface area contributed by atoms with Crippen LogP contribution in [0.2, 0.25) is 0 Å². The van der Waals surface area contributed by atoms with E-state index in [1.165, 1.54) is 5.56 Å². The summed E-state index contributed by atoms with van der Waals surface area (Å²) in [6, 6.07) is 10.1. The fourth-order valence-electron chi connectivity index (χ4n) is 2.81. The maximum Gasteiger partial charge on any atom is 0.321 e. The van der Waals surface area contributed by atoms with Gasteiger partial charge in [0.1, 0.15) is 12.1 Å². The van der Waals surface area contributed by atoms with E-state index in [0.29, 0.717) is 6.04 Å². The summed E-state index contributed by atoms with van der Waals surface area (Å²) in [7, 11) is 0. The van der Waals surface area contributed by atoms with Gasteiger partial charge in [-0.1, -0.05) is 17.7 Å². The van der Waals surface area contributed by atoms with E-state index < -0.39 is 0 Å². The van der Waals surface area contributed by atoms with E-state index in [1.807, 2.05) is 49.1 Å². The van der Waals surface area contributed by atoms with Crippen LogP contribution in [-0.4, -0.2) is 40.0 Å². The van der Waals surface area contributed by atoms with Crippen LogP contribution in [0.4, 0.5) is 16.3 Å². The Morgan fingerprint density at radius 2 is 1.83 bits per heavy atom. The van der Waals surface area contributed by atoms with Crippen LogP contribution in [0.5, 0.6) is 0 Å². The third-order valence-electron chi connectivity index (χ3n) is 4.24. The maximum atomic E-state index is 12.3. The number of piperidine rings is 1. The molecule has 1 aliphatic rings. The molecule has 6 heteroatoms. The number of aromatic nitrogens is 2. The Morgan fingerprint density at radius 3 is 2.50 bits per heavy atom. The molecule has 1 fully saturated rings. The highest BCUT2D eigenvalue weighted by atomic mass is 16.2. The van der Waals surface area contributed by atoms with Gasteiger partial charge in [0.05, 0.1) is 0 Å². The third kappa shape index (κ3) is 4.22. The van der Waals surface area contributed by atoms with Crippen molar-refractivity contribution in [3.63, 3.8) is 0 Å². The lowest BCUT2D eigenvalue weighted by molar-refractivity contribution is 0.197. The Kier molecular flexibility index (Phi) is 4.93. The predicted octanol–water partition coefficient (Wildman–Crippen LogP) is 3.20. The molecule has 2 amide bonds. The highest BCUT2D eigenvalue weighted by Gasteiger charge is 2.23. The number of rotatable bonds is 3. The molecule has 3 rings (SSSR count). The van der Waals surface area contributed by atoms with Crippen LogP contribution in [0.25, 0.3) is 0 Å². The molecule has 0 unspecified atom stereocenters. The van der Waals surface area contributed by atoms with Gasteiger partial charge in [-0.3, -0.25) is 0 Å². The zero-order valence-corrected chi connectivity index (χ0v) is 14.1. The van der Waals surface area contributed by atoms with E-state index in [0.717, 1.165) is 43.1 Å². The molecule has 0 spiro atoms. The van der Waals surface area contributed by atoms with Crippen molar-refractivity contribution in [3.8, 4) is 0 Å². The van der Waals surface area contributed by atoms with Gasteiger partial charge >= 0.3 is 6.03 Å². The molecule has 2 N–H and O–H groups in total. The van der Waals surface area contributed by atoms with Crippen LogP contribution in [0.3, 0.4) is 0 Å². The molecule has 24 heavy (non-hydrogen) atoms. The number of carbonyl (C=O) groups is 1. The number of aryl methyl sites for hydroxylation is 2. The van der Waals surface area contributed by atoms with E-state index in [2.05, 4.69) is 20.6 Å². The molecule has 0 aliphatic carbocycles. The number of amides is 2. The first kappa shape index (κ1) is 16.2. The number of nitrogens with one attached hydrogen (secondary N) is 2. The molecular weight excluding hydrogens is 302 g/mol. The van der Waals surface area contributed by atoms with Gasteiger partial charge in [0, 0.05) is 36.6 Å². The fourth-order valence-corrected chi connectivity index (χ4v) is 2.81. The van der Waals surface area contributed by atoms with Gasteiger partial charge in [-0.05, 0) is 38.8 Å². The lowest BCUT2D eigenvalue weighted by Crippen LogP contribution is -2.44. The molecule has 2 aromatic rings. The van der Waals surface area contributed by atoms with E-state index in [9.17, 15) is 4.79 Å². The number of urea groups is 1. The molecule has 1 aromatic carbocycles. The van der Waals surface area contributed by atoms with Crippen molar-refractivity contribution in [1.29, 1.82) is 0 Å². The van der Waals surface area contributed by atoms with Crippen molar-refractivity contribution >= 4 is 17.5 Å². The van der Waals surface area contributed by atoms with Crippen LogP contribution in [-0.2, 0) is 0 Å². The van der Waals surface area contributed by atoms with Gasteiger partial charge < -0.3 is 15.5 Å². The summed E-state index contributed by atoms with van der Waals surface area (Å²) in [5, 5.41) is 6.38. The molecule has 0 bridgehead atoms. The molecule has 1 saturated heterocycles. The molecule has 2 heterocycles. The minimum Gasteiger partial charge on any atom is -0.367 e. The highest BCUT2D eigenvalue weighted by Crippen LogP contribution is 2.17. The minimum atomic E-state index is -0.0322. The number of hydrogen-bond acceptors (Lipinski definition) is 4. The summed E-state index contributed by atoms with van der Waals surface area (Å²) in [4.78, 5) is 22.5. The van der Waals surface area contributed by atoms with E-state index in [-0.39, 0.29) is 6.03 Å². The first-order valence-electron chi connectivity index (χ1n) is 8.28. The molecular formula is C18H23N5O. The molecule has 6 nitrogen and oxygen atoms in total. The zero-order chi connectivity index (χ0) is 16.9. The summed E-state index contributed by atoms with van der Waals surface area (Å²) < 4.78 is 0. The van der Waals surface area contributed by atoms with Gasteiger partial charge in [-0.2, -0.15) is 0 Å².